The molecule has 0 spiro atoms. The summed E-state index contributed by atoms with van der Waals surface area (Å²) in [5, 5.41) is 14.3. The summed E-state index contributed by atoms with van der Waals surface area (Å²) in [6, 6.07) is 8.48. The van der Waals surface area contributed by atoms with E-state index in [0.29, 0.717) is 5.69 Å². The van der Waals surface area contributed by atoms with Crippen LogP contribution in [0.1, 0.15) is 67.5 Å². The highest BCUT2D eigenvalue weighted by Gasteiger charge is 2.24. The van der Waals surface area contributed by atoms with Crippen molar-refractivity contribution in [3.63, 3.8) is 0 Å². The van der Waals surface area contributed by atoms with Crippen LogP contribution in [0.25, 0.3) is 0 Å². The number of hydrogen-bond acceptors (Lipinski definition) is 5. The normalized spacial score (nSPS) is 20.2. The Balaban J connectivity index is 1.33. The molecule has 0 radical (unpaired) electrons. The summed E-state index contributed by atoms with van der Waals surface area (Å²) in [4.78, 5) is 26.0. The summed E-state index contributed by atoms with van der Waals surface area (Å²) in [5.74, 6) is -0.175. The Labute approximate surface area is 177 Å². The first-order chi connectivity index (χ1) is 14.6. The van der Waals surface area contributed by atoms with Crippen LogP contribution >= 0.6 is 0 Å². The lowest BCUT2D eigenvalue weighted by atomic mass is 10.0. The van der Waals surface area contributed by atoms with Crippen molar-refractivity contribution in [3.8, 4) is 0 Å². The molecule has 8 nitrogen and oxygen atoms in total. The predicted molar refractivity (Wildman–Crippen MR) is 114 cm³/mol. The second-order valence-electron chi connectivity index (χ2n) is 8.45. The number of rotatable bonds is 6. The van der Waals surface area contributed by atoms with E-state index in [1.54, 1.807) is 6.20 Å². The Morgan fingerprint density at radius 3 is 2.60 bits per heavy atom. The molecule has 2 aromatic rings. The van der Waals surface area contributed by atoms with Crippen molar-refractivity contribution in [2.24, 2.45) is 0 Å². The fourth-order valence-electron chi connectivity index (χ4n) is 4.43. The van der Waals surface area contributed by atoms with Crippen LogP contribution in [0.4, 0.5) is 5.69 Å². The van der Waals surface area contributed by atoms with Crippen molar-refractivity contribution in [2.75, 3.05) is 18.4 Å². The van der Waals surface area contributed by atoms with Crippen LogP contribution in [0.15, 0.2) is 30.5 Å². The lowest BCUT2D eigenvalue weighted by Crippen LogP contribution is -2.36. The first kappa shape index (κ1) is 20.5. The van der Waals surface area contributed by atoms with E-state index in [1.165, 1.54) is 25.3 Å². The first-order valence-electron chi connectivity index (χ1n) is 10.9. The molecule has 1 saturated carbocycles. The number of likely N-dealkylation sites (tertiary alicyclic amines) is 1. The van der Waals surface area contributed by atoms with Gasteiger partial charge in [-0.1, -0.05) is 30.2 Å². The largest absolute Gasteiger partial charge is 0.348 e. The Hall–Kier alpha value is -2.74. The lowest BCUT2D eigenvalue weighted by Gasteiger charge is -2.32. The van der Waals surface area contributed by atoms with Gasteiger partial charge in [0.2, 0.25) is 5.91 Å². The average molecular weight is 411 g/mol. The van der Waals surface area contributed by atoms with E-state index in [1.807, 2.05) is 16.8 Å². The van der Waals surface area contributed by atoms with Crippen LogP contribution in [0.2, 0.25) is 0 Å². The number of amides is 2. The van der Waals surface area contributed by atoms with Crippen molar-refractivity contribution < 1.29 is 9.59 Å². The molecule has 8 heteroatoms. The third-order valence-corrected chi connectivity index (χ3v) is 5.97. The highest BCUT2D eigenvalue weighted by atomic mass is 16.2. The SMILES string of the molecule is CC(=O)Nc1ccc(CN2CCCC(n3cc(C(=O)NC4CCCC4)nn3)C2)cc1. The molecule has 1 aromatic carbocycles. The molecule has 2 heterocycles. The fourth-order valence-corrected chi connectivity index (χ4v) is 4.43. The Morgan fingerprint density at radius 2 is 1.87 bits per heavy atom. The zero-order valence-corrected chi connectivity index (χ0v) is 17.5. The summed E-state index contributed by atoms with van der Waals surface area (Å²) in [6.45, 7) is 4.27. The molecule has 1 unspecified atom stereocenters. The second kappa shape index (κ2) is 9.38. The molecule has 0 bridgehead atoms. The second-order valence-corrected chi connectivity index (χ2v) is 8.45. The van der Waals surface area contributed by atoms with Crippen molar-refractivity contribution in [3.05, 3.63) is 41.7 Å². The molecular formula is C22H30N6O2. The molecule has 2 aliphatic rings. The number of aromatic nitrogens is 3. The van der Waals surface area contributed by atoms with E-state index >= 15 is 0 Å². The van der Waals surface area contributed by atoms with E-state index in [-0.39, 0.29) is 23.9 Å². The van der Waals surface area contributed by atoms with Crippen LogP contribution < -0.4 is 10.6 Å². The quantitative estimate of drug-likeness (QED) is 0.764. The maximum atomic E-state index is 12.4. The first-order valence-corrected chi connectivity index (χ1v) is 10.9. The van der Waals surface area contributed by atoms with Gasteiger partial charge in [0, 0.05) is 31.7 Å². The minimum atomic E-state index is -0.111. The number of nitrogens with zero attached hydrogens (tertiary/aromatic N) is 4. The van der Waals surface area contributed by atoms with Crippen LogP contribution in [0.5, 0.6) is 0 Å². The van der Waals surface area contributed by atoms with E-state index < -0.39 is 0 Å². The van der Waals surface area contributed by atoms with E-state index in [0.717, 1.165) is 51.0 Å². The van der Waals surface area contributed by atoms with Gasteiger partial charge in [-0.25, -0.2) is 4.68 Å². The number of nitrogens with one attached hydrogen (secondary N) is 2. The highest BCUT2D eigenvalue weighted by Crippen LogP contribution is 2.23. The molecular weight excluding hydrogens is 380 g/mol. The summed E-state index contributed by atoms with van der Waals surface area (Å²) in [6.07, 6.45) is 8.40. The predicted octanol–water partition coefficient (Wildman–Crippen LogP) is 2.75. The number of hydrogen-bond donors (Lipinski definition) is 2. The standard InChI is InChI=1S/C22H30N6O2/c1-16(29)23-19-10-8-17(9-11-19)13-27-12-4-7-20(14-27)28-15-21(25-26-28)22(30)24-18-5-2-3-6-18/h8-11,15,18,20H,2-7,12-14H2,1H3,(H,23,29)(H,24,30). The lowest BCUT2D eigenvalue weighted by molar-refractivity contribution is -0.114. The number of carbonyl (C=O) groups excluding carboxylic acids is 2. The van der Waals surface area contributed by atoms with Gasteiger partial charge in [0.25, 0.3) is 5.91 Å². The van der Waals surface area contributed by atoms with E-state index in [4.69, 9.17) is 0 Å². The zero-order valence-electron chi connectivity index (χ0n) is 17.5. The van der Waals surface area contributed by atoms with E-state index in [9.17, 15) is 9.59 Å². The number of carbonyl (C=O) groups is 2. The fraction of sp³-hybridized carbons (Fsp3) is 0.545. The number of benzene rings is 1. The molecule has 1 saturated heterocycles. The van der Waals surface area contributed by atoms with Gasteiger partial charge in [-0.15, -0.1) is 5.10 Å². The van der Waals surface area contributed by atoms with Gasteiger partial charge in [-0.2, -0.15) is 0 Å². The Bertz CT molecular complexity index is 872. The van der Waals surface area contributed by atoms with Crippen molar-refractivity contribution in [1.82, 2.24) is 25.2 Å². The molecule has 4 rings (SSSR count). The topological polar surface area (TPSA) is 92.2 Å². The van der Waals surface area contributed by atoms with Gasteiger partial charge in [-0.05, 0) is 49.9 Å². The van der Waals surface area contributed by atoms with Gasteiger partial charge in [0.05, 0.1) is 12.2 Å². The van der Waals surface area contributed by atoms with Crippen LogP contribution in [-0.2, 0) is 11.3 Å². The third-order valence-electron chi connectivity index (χ3n) is 5.97. The molecule has 2 fully saturated rings. The van der Waals surface area contributed by atoms with Gasteiger partial charge >= 0.3 is 0 Å². The van der Waals surface area contributed by atoms with Crippen LogP contribution in [0, 0.1) is 0 Å². The number of piperidine rings is 1. The van der Waals surface area contributed by atoms with Crippen LogP contribution in [-0.4, -0.2) is 50.8 Å². The summed E-state index contributed by atoms with van der Waals surface area (Å²) < 4.78 is 1.86. The van der Waals surface area contributed by atoms with Gasteiger partial charge in [-0.3, -0.25) is 14.5 Å². The van der Waals surface area contributed by atoms with E-state index in [2.05, 4.69) is 38.0 Å². The molecule has 1 aliphatic heterocycles. The minimum absolute atomic E-state index is 0.0641. The molecule has 1 atom stereocenters. The maximum Gasteiger partial charge on any atom is 0.273 e. The zero-order chi connectivity index (χ0) is 20.9. The van der Waals surface area contributed by atoms with Gasteiger partial charge in [0.15, 0.2) is 5.69 Å². The maximum absolute atomic E-state index is 12.4. The smallest absolute Gasteiger partial charge is 0.273 e. The average Bonchev–Trinajstić information content (AvgIpc) is 3.41. The van der Waals surface area contributed by atoms with Crippen molar-refractivity contribution >= 4 is 17.5 Å². The molecule has 160 valence electrons. The van der Waals surface area contributed by atoms with Crippen LogP contribution in [0.3, 0.4) is 0 Å². The highest BCUT2D eigenvalue weighted by molar-refractivity contribution is 5.92. The number of anilines is 1. The van der Waals surface area contributed by atoms with Gasteiger partial charge in [0.1, 0.15) is 0 Å². The Kier molecular flexibility index (Phi) is 6.42. The Morgan fingerprint density at radius 1 is 1.10 bits per heavy atom. The molecule has 2 N–H and O–H groups in total. The third kappa shape index (κ3) is 5.24. The summed E-state index contributed by atoms with van der Waals surface area (Å²) in [5.41, 5.74) is 2.43. The van der Waals surface area contributed by atoms with Crippen molar-refractivity contribution in [2.45, 2.75) is 64.1 Å². The summed E-state index contributed by atoms with van der Waals surface area (Å²) >= 11 is 0. The molecule has 30 heavy (non-hydrogen) atoms. The monoisotopic (exact) mass is 410 g/mol. The van der Waals surface area contributed by atoms with Gasteiger partial charge < -0.3 is 10.6 Å². The minimum Gasteiger partial charge on any atom is -0.348 e. The summed E-state index contributed by atoms with van der Waals surface area (Å²) in [7, 11) is 0. The molecule has 2 amide bonds. The van der Waals surface area contributed by atoms with Crippen molar-refractivity contribution in [1.29, 1.82) is 0 Å². The molecule has 1 aromatic heterocycles. The molecule has 1 aliphatic carbocycles.